The van der Waals surface area contributed by atoms with E-state index in [0.29, 0.717) is 24.0 Å². The second-order valence-corrected chi connectivity index (χ2v) is 11.1. The quantitative estimate of drug-likeness (QED) is 0.478. The number of hydrogen-bond acceptors (Lipinski definition) is 4. The van der Waals surface area contributed by atoms with Crippen molar-refractivity contribution >= 4 is 10.0 Å². The van der Waals surface area contributed by atoms with E-state index in [1.54, 1.807) is 12.1 Å². The number of hydrogen-bond donors (Lipinski definition) is 1. The van der Waals surface area contributed by atoms with Gasteiger partial charge < -0.3 is 0 Å². The van der Waals surface area contributed by atoms with Crippen LogP contribution in [0.25, 0.3) is 0 Å². The SMILES string of the molecule is NS(=O)(=O)c1cnn(CCc2cc3c(cc2F)CC(N2CCC2)C3Cc2cccc(C(F)(F)F)c2)c1. The van der Waals surface area contributed by atoms with Gasteiger partial charge in [-0.15, -0.1) is 0 Å². The maximum atomic E-state index is 15.0. The van der Waals surface area contributed by atoms with Crippen molar-refractivity contribution in [1.82, 2.24) is 14.7 Å². The minimum atomic E-state index is -4.41. The second kappa shape index (κ2) is 9.28. The van der Waals surface area contributed by atoms with Crippen molar-refractivity contribution in [3.05, 3.63) is 82.4 Å². The molecule has 0 radical (unpaired) electrons. The fraction of sp³-hybridized carbons (Fsp3) is 0.400. The van der Waals surface area contributed by atoms with Crippen molar-refractivity contribution in [2.45, 2.75) is 55.3 Å². The first-order valence-electron chi connectivity index (χ1n) is 11.8. The monoisotopic (exact) mass is 522 g/mol. The molecule has 0 amide bonds. The van der Waals surface area contributed by atoms with Crippen molar-refractivity contribution in [3.8, 4) is 0 Å². The topological polar surface area (TPSA) is 81.2 Å². The number of rotatable bonds is 7. The van der Waals surface area contributed by atoms with Gasteiger partial charge in [-0.05, 0) is 73.2 Å². The lowest BCUT2D eigenvalue weighted by Crippen LogP contribution is -2.47. The van der Waals surface area contributed by atoms with E-state index in [9.17, 15) is 21.6 Å². The summed E-state index contributed by atoms with van der Waals surface area (Å²) < 4.78 is 79.2. The molecule has 2 atom stereocenters. The summed E-state index contributed by atoms with van der Waals surface area (Å²) in [5.41, 5.74) is 2.24. The third kappa shape index (κ3) is 5.05. The molecule has 2 unspecified atom stereocenters. The molecule has 0 saturated carbocycles. The van der Waals surface area contributed by atoms with Gasteiger partial charge in [0.15, 0.2) is 0 Å². The first-order chi connectivity index (χ1) is 17.0. The highest BCUT2D eigenvalue weighted by atomic mass is 32.2. The summed E-state index contributed by atoms with van der Waals surface area (Å²) in [7, 11) is -3.87. The standard InChI is InChI=1S/C25H26F4N4O2S/c26-23-12-18-13-24(32-6-2-7-32)22(10-16-3-1-4-19(9-16)25(27,28)29)21(18)11-17(23)5-8-33-15-20(14-31-33)36(30,34)35/h1,3-4,9,11-12,14-15,22,24H,2,5-8,10,13H2,(H2,30,34,35). The van der Waals surface area contributed by atoms with Gasteiger partial charge in [0.25, 0.3) is 0 Å². The highest BCUT2D eigenvalue weighted by molar-refractivity contribution is 7.89. The fourth-order valence-electron chi connectivity index (χ4n) is 5.25. The summed E-state index contributed by atoms with van der Waals surface area (Å²) in [6, 6.07) is 8.91. The van der Waals surface area contributed by atoms with Gasteiger partial charge in [0.05, 0.1) is 11.8 Å². The molecule has 3 aromatic rings. The second-order valence-electron chi connectivity index (χ2n) is 9.55. The van der Waals surface area contributed by atoms with Crippen molar-refractivity contribution in [3.63, 3.8) is 0 Å². The van der Waals surface area contributed by atoms with E-state index in [1.807, 2.05) is 6.07 Å². The number of nitrogens with zero attached hydrogens (tertiary/aromatic N) is 3. The normalized spacial score (nSPS) is 20.4. The number of alkyl halides is 3. The van der Waals surface area contributed by atoms with E-state index in [2.05, 4.69) is 10.00 Å². The third-order valence-corrected chi connectivity index (χ3v) is 8.09. The number of likely N-dealkylation sites (tertiary alicyclic amines) is 1. The van der Waals surface area contributed by atoms with E-state index in [0.717, 1.165) is 42.9 Å². The van der Waals surface area contributed by atoms with Crippen LogP contribution in [-0.4, -0.2) is 42.2 Å². The summed E-state index contributed by atoms with van der Waals surface area (Å²) in [5.74, 6) is -0.406. The van der Waals surface area contributed by atoms with Crippen LogP contribution < -0.4 is 5.14 Å². The van der Waals surface area contributed by atoms with Crippen LogP contribution in [0.2, 0.25) is 0 Å². The highest BCUT2D eigenvalue weighted by Gasteiger charge is 2.39. The molecule has 1 fully saturated rings. The van der Waals surface area contributed by atoms with Crippen LogP contribution in [0, 0.1) is 5.82 Å². The van der Waals surface area contributed by atoms with Crippen LogP contribution in [0.5, 0.6) is 0 Å². The molecule has 192 valence electrons. The van der Waals surface area contributed by atoms with Gasteiger partial charge in [0.2, 0.25) is 10.0 Å². The molecule has 0 spiro atoms. The Morgan fingerprint density at radius 1 is 1.14 bits per heavy atom. The average Bonchev–Trinajstić information content (AvgIpc) is 3.36. The van der Waals surface area contributed by atoms with Gasteiger partial charge in [-0.25, -0.2) is 17.9 Å². The summed E-state index contributed by atoms with van der Waals surface area (Å²) in [6.45, 7) is 2.11. The Bertz CT molecular complexity index is 1380. The number of halogens is 4. The van der Waals surface area contributed by atoms with Crippen molar-refractivity contribution in [2.24, 2.45) is 5.14 Å². The van der Waals surface area contributed by atoms with Crippen LogP contribution in [0.3, 0.4) is 0 Å². The predicted octanol–water partition coefficient (Wildman–Crippen LogP) is 3.89. The Labute approximate surface area is 206 Å². The van der Waals surface area contributed by atoms with E-state index < -0.39 is 21.8 Å². The molecule has 1 aliphatic heterocycles. The number of primary sulfonamides is 1. The molecule has 1 aliphatic carbocycles. The van der Waals surface area contributed by atoms with Crippen LogP contribution in [-0.2, 0) is 42.0 Å². The zero-order chi connectivity index (χ0) is 25.7. The first kappa shape index (κ1) is 24.9. The van der Waals surface area contributed by atoms with Gasteiger partial charge in [-0.1, -0.05) is 24.3 Å². The average molecular weight is 523 g/mol. The van der Waals surface area contributed by atoms with Gasteiger partial charge in [-0.3, -0.25) is 9.58 Å². The minimum absolute atomic E-state index is 0.0539. The summed E-state index contributed by atoms with van der Waals surface area (Å²) in [6.07, 6.45) is 0.482. The minimum Gasteiger partial charge on any atom is -0.299 e. The first-order valence-corrected chi connectivity index (χ1v) is 13.3. The number of aromatic nitrogens is 2. The molecule has 5 rings (SSSR count). The third-order valence-electron chi connectivity index (χ3n) is 7.22. The predicted molar refractivity (Wildman–Crippen MR) is 125 cm³/mol. The fourth-order valence-corrected chi connectivity index (χ4v) is 5.71. The summed E-state index contributed by atoms with van der Waals surface area (Å²) in [5, 5.41) is 9.11. The molecule has 2 heterocycles. The highest BCUT2D eigenvalue weighted by Crippen LogP contribution is 2.42. The maximum Gasteiger partial charge on any atom is 0.416 e. The Kier molecular flexibility index (Phi) is 6.42. The summed E-state index contributed by atoms with van der Waals surface area (Å²) >= 11 is 0. The Morgan fingerprint density at radius 2 is 1.92 bits per heavy atom. The molecular weight excluding hydrogens is 496 g/mol. The zero-order valence-electron chi connectivity index (χ0n) is 19.4. The molecule has 11 heteroatoms. The van der Waals surface area contributed by atoms with Gasteiger partial charge in [-0.2, -0.15) is 18.3 Å². The zero-order valence-corrected chi connectivity index (χ0v) is 20.2. The molecule has 6 nitrogen and oxygen atoms in total. The van der Waals surface area contributed by atoms with E-state index >= 15 is 4.39 Å². The number of fused-ring (bicyclic) bond motifs is 1. The molecule has 2 aromatic carbocycles. The van der Waals surface area contributed by atoms with Gasteiger partial charge >= 0.3 is 6.18 Å². The van der Waals surface area contributed by atoms with Crippen LogP contribution in [0.15, 0.2) is 53.7 Å². The molecule has 2 aliphatic rings. The number of nitrogens with two attached hydrogens (primary N) is 1. The number of benzene rings is 2. The van der Waals surface area contributed by atoms with Crippen molar-refractivity contribution in [2.75, 3.05) is 13.1 Å². The molecule has 1 saturated heterocycles. The van der Waals surface area contributed by atoms with Crippen LogP contribution in [0.1, 0.15) is 40.2 Å². The van der Waals surface area contributed by atoms with Gasteiger partial charge in [0, 0.05) is 24.7 Å². The van der Waals surface area contributed by atoms with Crippen LogP contribution in [0.4, 0.5) is 17.6 Å². The van der Waals surface area contributed by atoms with Crippen LogP contribution >= 0.6 is 0 Å². The van der Waals surface area contributed by atoms with Gasteiger partial charge in [0.1, 0.15) is 10.7 Å². The van der Waals surface area contributed by atoms with E-state index in [-0.39, 0.29) is 35.6 Å². The Morgan fingerprint density at radius 3 is 2.56 bits per heavy atom. The van der Waals surface area contributed by atoms with E-state index in [4.69, 9.17) is 5.14 Å². The lowest BCUT2D eigenvalue weighted by atomic mass is 9.87. The number of sulfonamides is 1. The maximum absolute atomic E-state index is 15.0. The molecule has 2 N–H and O–H groups in total. The molecule has 36 heavy (non-hydrogen) atoms. The summed E-state index contributed by atoms with van der Waals surface area (Å²) in [4.78, 5) is 2.21. The molecule has 1 aromatic heterocycles. The van der Waals surface area contributed by atoms with Crippen molar-refractivity contribution in [1.29, 1.82) is 0 Å². The lowest BCUT2D eigenvalue weighted by Gasteiger charge is -2.39. The largest absolute Gasteiger partial charge is 0.416 e. The smallest absolute Gasteiger partial charge is 0.299 e. The number of aryl methyl sites for hydroxylation is 2. The Balaban J connectivity index is 1.41. The Hall–Kier alpha value is -2.76. The lowest BCUT2D eigenvalue weighted by molar-refractivity contribution is -0.137. The van der Waals surface area contributed by atoms with E-state index in [1.165, 1.54) is 23.0 Å². The van der Waals surface area contributed by atoms with Crippen molar-refractivity contribution < 1.29 is 26.0 Å². The molecule has 0 bridgehead atoms. The molecular formula is C25H26F4N4O2S.